The van der Waals surface area contributed by atoms with E-state index < -0.39 is 10.0 Å². The average Bonchev–Trinajstić information content (AvgIpc) is 2.64. The van der Waals surface area contributed by atoms with Gasteiger partial charge < -0.3 is 5.32 Å². The normalized spacial score (nSPS) is 11.6. The minimum absolute atomic E-state index is 0.115. The fraction of sp³-hybridized carbons (Fsp3) is 0.316. The van der Waals surface area contributed by atoms with Crippen LogP contribution in [0.2, 0.25) is 5.02 Å². The fourth-order valence-corrected chi connectivity index (χ4v) is 4.87. The molecule has 0 aliphatic heterocycles. The lowest BCUT2D eigenvalue weighted by Gasteiger charge is -2.18. The van der Waals surface area contributed by atoms with Gasteiger partial charge >= 0.3 is 0 Å². The zero-order chi connectivity index (χ0) is 19.9. The van der Waals surface area contributed by atoms with E-state index in [1.165, 1.54) is 16.4 Å². The summed E-state index contributed by atoms with van der Waals surface area (Å²) in [5, 5.41) is 3.48. The molecule has 1 N–H and O–H groups in total. The van der Waals surface area contributed by atoms with Gasteiger partial charge in [-0.1, -0.05) is 25.4 Å². The summed E-state index contributed by atoms with van der Waals surface area (Å²) in [5.74, 6) is 0.526. The Kier molecular flexibility index (Phi) is 8.16. The van der Waals surface area contributed by atoms with Crippen molar-refractivity contribution in [3.63, 3.8) is 0 Å². The fourth-order valence-electron chi connectivity index (χ4n) is 2.44. The van der Waals surface area contributed by atoms with Crippen LogP contribution in [0.15, 0.2) is 58.3 Å². The third-order valence-corrected chi connectivity index (χ3v) is 7.22. The Labute approximate surface area is 170 Å². The van der Waals surface area contributed by atoms with Gasteiger partial charge in [0, 0.05) is 40.9 Å². The molecule has 8 heteroatoms. The first-order valence-electron chi connectivity index (χ1n) is 8.65. The average molecular weight is 427 g/mol. The van der Waals surface area contributed by atoms with Crippen LogP contribution in [0.5, 0.6) is 0 Å². The van der Waals surface area contributed by atoms with E-state index in [1.54, 1.807) is 37.7 Å². The van der Waals surface area contributed by atoms with Crippen LogP contribution in [0.3, 0.4) is 0 Å². The second kappa shape index (κ2) is 10.1. The number of sulfonamides is 1. The number of rotatable bonds is 9. The smallest absolute Gasteiger partial charge is 0.243 e. The molecule has 0 aromatic heterocycles. The lowest BCUT2D eigenvalue weighted by atomic mass is 10.3. The van der Waals surface area contributed by atoms with Crippen molar-refractivity contribution in [2.24, 2.45) is 0 Å². The third kappa shape index (κ3) is 6.24. The standard InChI is InChI=1S/C19H23ClN2O3S2/c1-3-22(4-2)27(24,25)18-11-7-16(8-12-18)21-19(23)13-14-26-17-9-5-15(20)6-10-17/h5-12H,3-4,13-14H2,1-2H3,(H,21,23). The Balaban J connectivity index is 1.88. The van der Waals surface area contributed by atoms with Crippen LogP contribution < -0.4 is 5.32 Å². The van der Waals surface area contributed by atoms with Gasteiger partial charge in [0.1, 0.15) is 0 Å². The number of thioether (sulfide) groups is 1. The number of hydrogen-bond acceptors (Lipinski definition) is 4. The zero-order valence-corrected chi connectivity index (χ0v) is 17.7. The first-order chi connectivity index (χ1) is 12.9. The summed E-state index contributed by atoms with van der Waals surface area (Å²) in [6.45, 7) is 4.45. The third-order valence-electron chi connectivity index (χ3n) is 3.89. The van der Waals surface area contributed by atoms with Crippen LogP contribution in [0, 0.1) is 0 Å². The van der Waals surface area contributed by atoms with Crippen LogP contribution in [0.4, 0.5) is 5.69 Å². The molecule has 2 aromatic rings. The molecule has 2 rings (SSSR count). The topological polar surface area (TPSA) is 66.5 Å². The van der Waals surface area contributed by atoms with E-state index >= 15 is 0 Å². The van der Waals surface area contributed by atoms with E-state index in [0.29, 0.717) is 36.0 Å². The number of carbonyl (C=O) groups is 1. The van der Waals surface area contributed by atoms with E-state index in [9.17, 15) is 13.2 Å². The van der Waals surface area contributed by atoms with Gasteiger partial charge in [-0.2, -0.15) is 4.31 Å². The first-order valence-corrected chi connectivity index (χ1v) is 11.5. The quantitative estimate of drug-likeness (QED) is 0.600. The lowest BCUT2D eigenvalue weighted by molar-refractivity contribution is -0.115. The van der Waals surface area contributed by atoms with Crippen LogP contribution in [0.25, 0.3) is 0 Å². The number of carbonyl (C=O) groups excluding carboxylic acids is 1. The lowest BCUT2D eigenvalue weighted by Crippen LogP contribution is -2.30. The number of amides is 1. The van der Waals surface area contributed by atoms with E-state index in [0.717, 1.165) is 4.90 Å². The summed E-state index contributed by atoms with van der Waals surface area (Å²) in [7, 11) is -3.49. The van der Waals surface area contributed by atoms with E-state index in [1.807, 2.05) is 24.3 Å². The summed E-state index contributed by atoms with van der Waals surface area (Å²) in [6, 6.07) is 13.7. The molecule has 0 saturated carbocycles. The highest BCUT2D eigenvalue weighted by Crippen LogP contribution is 2.22. The molecule has 0 radical (unpaired) electrons. The van der Waals surface area contributed by atoms with E-state index in [4.69, 9.17) is 11.6 Å². The molecular weight excluding hydrogens is 404 g/mol. The Bertz CT molecular complexity index is 850. The van der Waals surface area contributed by atoms with Crippen LogP contribution >= 0.6 is 23.4 Å². The SMILES string of the molecule is CCN(CC)S(=O)(=O)c1ccc(NC(=O)CCSc2ccc(Cl)cc2)cc1. The largest absolute Gasteiger partial charge is 0.326 e. The summed E-state index contributed by atoms with van der Waals surface area (Å²) in [4.78, 5) is 13.3. The highest BCUT2D eigenvalue weighted by atomic mass is 35.5. The van der Waals surface area contributed by atoms with E-state index in [-0.39, 0.29) is 10.8 Å². The number of halogens is 1. The van der Waals surface area contributed by atoms with Crippen molar-refractivity contribution >= 4 is 45.0 Å². The maximum atomic E-state index is 12.5. The van der Waals surface area contributed by atoms with Crippen LogP contribution in [-0.2, 0) is 14.8 Å². The molecule has 2 aromatic carbocycles. The van der Waals surface area contributed by atoms with Gasteiger partial charge in [0.15, 0.2) is 0 Å². The molecule has 27 heavy (non-hydrogen) atoms. The van der Waals surface area contributed by atoms with Crippen molar-refractivity contribution in [3.8, 4) is 0 Å². The molecule has 5 nitrogen and oxygen atoms in total. The minimum Gasteiger partial charge on any atom is -0.326 e. The number of benzene rings is 2. The second-order valence-electron chi connectivity index (χ2n) is 5.71. The van der Waals surface area contributed by atoms with E-state index in [2.05, 4.69) is 5.32 Å². The highest BCUT2D eigenvalue weighted by molar-refractivity contribution is 7.99. The predicted octanol–water partition coefficient (Wildman–Crippen LogP) is 4.49. The van der Waals surface area contributed by atoms with Gasteiger partial charge in [-0.05, 0) is 48.5 Å². The Morgan fingerprint density at radius 3 is 2.19 bits per heavy atom. The summed E-state index contributed by atoms with van der Waals surface area (Å²) < 4.78 is 26.3. The maximum absolute atomic E-state index is 12.5. The highest BCUT2D eigenvalue weighted by Gasteiger charge is 2.21. The summed E-state index contributed by atoms with van der Waals surface area (Å²) >= 11 is 7.42. The molecule has 0 heterocycles. The summed E-state index contributed by atoms with van der Waals surface area (Å²) in [6.07, 6.45) is 0.354. The molecule has 0 atom stereocenters. The number of anilines is 1. The molecule has 0 aliphatic carbocycles. The molecule has 0 saturated heterocycles. The molecule has 0 fully saturated rings. The van der Waals surface area contributed by atoms with Gasteiger partial charge in [-0.3, -0.25) is 4.79 Å². The van der Waals surface area contributed by atoms with Gasteiger partial charge in [-0.15, -0.1) is 11.8 Å². The Hall–Kier alpha value is -1.54. The van der Waals surface area contributed by atoms with Crippen molar-refractivity contribution in [2.45, 2.75) is 30.1 Å². The monoisotopic (exact) mass is 426 g/mol. The number of hydrogen-bond donors (Lipinski definition) is 1. The second-order valence-corrected chi connectivity index (χ2v) is 9.26. The van der Waals surface area contributed by atoms with Crippen molar-refractivity contribution in [1.82, 2.24) is 4.31 Å². The number of nitrogens with one attached hydrogen (secondary N) is 1. The van der Waals surface area contributed by atoms with Gasteiger partial charge in [0.2, 0.25) is 15.9 Å². The van der Waals surface area contributed by atoms with Gasteiger partial charge in [-0.25, -0.2) is 8.42 Å². The zero-order valence-electron chi connectivity index (χ0n) is 15.3. The number of nitrogens with zero attached hydrogens (tertiary/aromatic N) is 1. The molecular formula is C19H23ClN2O3S2. The van der Waals surface area contributed by atoms with Crippen LogP contribution in [-0.4, -0.2) is 37.5 Å². The Morgan fingerprint density at radius 2 is 1.63 bits per heavy atom. The van der Waals surface area contributed by atoms with Gasteiger partial charge in [0.05, 0.1) is 4.90 Å². The molecule has 0 unspecified atom stereocenters. The molecule has 1 amide bonds. The van der Waals surface area contributed by atoms with Crippen molar-refractivity contribution in [2.75, 3.05) is 24.2 Å². The minimum atomic E-state index is -3.49. The Morgan fingerprint density at radius 1 is 1.04 bits per heavy atom. The molecule has 0 spiro atoms. The summed E-state index contributed by atoms with van der Waals surface area (Å²) in [5.41, 5.74) is 0.579. The molecule has 0 bridgehead atoms. The van der Waals surface area contributed by atoms with Gasteiger partial charge in [0.25, 0.3) is 0 Å². The van der Waals surface area contributed by atoms with Crippen molar-refractivity contribution < 1.29 is 13.2 Å². The predicted molar refractivity (Wildman–Crippen MR) is 112 cm³/mol. The van der Waals surface area contributed by atoms with Crippen LogP contribution in [0.1, 0.15) is 20.3 Å². The first kappa shape index (κ1) is 21.8. The molecule has 0 aliphatic rings. The maximum Gasteiger partial charge on any atom is 0.243 e. The van der Waals surface area contributed by atoms with Crippen molar-refractivity contribution in [1.29, 1.82) is 0 Å². The van der Waals surface area contributed by atoms with Crippen molar-refractivity contribution in [3.05, 3.63) is 53.6 Å². The molecule has 146 valence electrons.